The molecule has 206 valence electrons. The van der Waals surface area contributed by atoms with Gasteiger partial charge in [-0.3, -0.25) is 9.59 Å². The Labute approximate surface area is 225 Å². The highest BCUT2D eigenvalue weighted by Crippen LogP contribution is 2.42. The largest absolute Gasteiger partial charge is 0.507 e. The summed E-state index contributed by atoms with van der Waals surface area (Å²) in [4.78, 5) is 30.2. The third-order valence-corrected chi connectivity index (χ3v) is 6.42. The fourth-order valence-electron chi connectivity index (χ4n) is 4.59. The second-order valence-electron chi connectivity index (χ2n) is 9.71. The van der Waals surface area contributed by atoms with E-state index < -0.39 is 17.7 Å². The van der Waals surface area contributed by atoms with Crippen LogP contribution in [-0.4, -0.2) is 73.6 Å². The Hall–Kier alpha value is -3.52. The minimum absolute atomic E-state index is 0.0548. The SMILES string of the molecule is CCOc1ccc(C2/C(=C(\O)c3ccc(OCC)c(C(C)C)c3)C(=O)C(=O)N2CCN(C)C)cc1OCC. The number of rotatable bonds is 12. The van der Waals surface area contributed by atoms with Gasteiger partial charge in [0.2, 0.25) is 0 Å². The molecule has 0 radical (unpaired) electrons. The van der Waals surface area contributed by atoms with Crippen molar-refractivity contribution in [2.45, 2.75) is 46.6 Å². The van der Waals surface area contributed by atoms with Crippen molar-refractivity contribution in [1.29, 1.82) is 0 Å². The Kier molecular flexibility index (Phi) is 9.80. The van der Waals surface area contributed by atoms with Gasteiger partial charge in [0.05, 0.1) is 31.4 Å². The number of likely N-dealkylation sites (tertiary alicyclic amines) is 1. The van der Waals surface area contributed by atoms with E-state index in [1.165, 1.54) is 4.90 Å². The molecule has 1 amide bonds. The second-order valence-corrected chi connectivity index (χ2v) is 9.71. The van der Waals surface area contributed by atoms with E-state index in [2.05, 4.69) is 0 Å². The molecule has 1 unspecified atom stereocenters. The van der Waals surface area contributed by atoms with E-state index in [1.54, 1.807) is 24.3 Å². The van der Waals surface area contributed by atoms with E-state index in [0.717, 1.165) is 11.3 Å². The van der Waals surface area contributed by atoms with Gasteiger partial charge in [0.1, 0.15) is 11.5 Å². The lowest BCUT2D eigenvalue weighted by molar-refractivity contribution is -0.140. The minimum Gasteiger partial charge on any atom is -0.507 e. The van der Waals surface area contributed by atoms with Gasteiger partial charge < -0.3 is 29.1 Å². The minimum atomic E-state index is -0.779. The number of hydrogen-bond acceptors (Lipinski definition) is 7. The number of amides is 1. The van der Waals surface area contributed by atoms with Crippen molar-refractivity contribution in [3.05, 3.63) is 58.7 Å². The maximum absolute atomic E-state index is 13.4. The number of ketones is 1. The number of ether oxygens (including phenoxy) is 3. The third-order valence-electron chi connectivity index (χ3n) is 6.42. The van der Waals surface area contributed by atoms with Crippen molar-refractivity contribution in [1.82, 2.24) is 9.80 Å². The predicted octanol–water partition coefficient (Wildman–Crippen LogP) is 4.99. The molecule has 1 heterocycles. The molecule has 1 aliphatic rings. The summed E-state index contributed by atoms with van der Waals surface area (Å²) in [5, 5.41) is 11.5. The first-order valence-electron chi connectivity index (χ1n) is 13.2. The van der Waals surface area contributed by atoms with Crippen LogP contribution in [0.4, 0.5) is 0 Å². The van der Waals surface area contributed by atoms with Crippen LogP contribution in [0.3, 0.4) is 0 Å². The van der Waals surface area contributed by atoms with Gasteiger partial charge in [-0.25, -0.2) is 0 Å². The van der Waals surface area contributed by atoms with Crippen molar-refractivity contribution < 1.29 is 28.9 Å². The summed E-state index contributed by atoms with van der Waals surface area (Å²) in [6.07, 6.45) is 0. The molecule has 2 aromatic carbocycles. The van der Waals surface area contributed by atoms with Crippen molar-refractivity contribution in [2.24, 2.45) is 0 Å². The van der Waals surface area contributed by atoms with Crippen LogP contribution in [0.2, 0.25) is 0 Å². The quantitative estimate of drug-likeness (QED) is 0.238. The van der Waals surface area contributed by atoms with Crippen LogP contribution in [0, 0.1) is 0 Å². The number of hydrogen-bond donors (Lipinski definition) is 1. The smallest absolute Gasteiger partial charge is 0.295 e. The summed E-state index contributed by atoms with van der Waals surface area (Å²) in [6.45, 7) is 12.0. The lowest BCUT2D eigenvalue weighted by atomic mass is 9.93. The maximum atomic E-state index is 13.4. The van der Waals surface area contributed by atoms with Gasteiger partial charge >= 0.3 is 0 Å². The van der Waals surface area contributed by atoms with Crippen LogP contribution in [0.15, 0.2) is 42.0 Å². The van der Waals surface area contributed by atoms with Crippen molar-refractivity contribution in [2.75, 3.05) is 47.0 Å². The zero-order chi connectivity index (χ0) is 28.0. The number of aliphatic hydroxyl groups is 1. The monoisotopic (exact) mass is 524 g/mol. The zero-order valence-corrected chi connectivity index (χ0v) is 23.5. The summed E-state index contributed by atoms with van der Waals surface area (Å²) in [7, 11) is 3.81. The number of benzene rings is 2. The topological polar surface area (TPSA) is 88.5 Å². The number of carbonyl (C=O) groups excluding carboxylic acids is 2. The lowest BCUT2D eigenvalue weighted by Crippen LogP contribution is -2.35. The molecule has 0 spiro atoms. The molecule has 38 heavy (non-hydrogen) atoms. The van der Waals surface area contributed by atoms with Gasteiger partial charge in [-0.2, -0.15) is 0 Å². The number of aliphatic hydroxyl groups excluding tert-OH is 1. The van der Waals surface area contributed by atoms with Gasteiger partial charge in [-0.15, -0.1) is 0 Å². The first-order chi connectivity index (χ1) is 18.1. The summed E-state index contributed by atoms with van der Waals surface area (Å²) in [5.74, 6) is 0.401. The van der Waals surface area contributed by atoms with E-state index in [0.29, 0.717) is 55.5 Å². The van der Waals surface area contributed by atoms with Gasteiger partial charge in [0, 0.05) is 18.7 Å². The normalized spacial score (nSPS) is 17.0. The molecule has 0 saturated carbocycles. The van der Waals surface area contributed by atoms with E-state index in [4.69, 9.17) is 14.2 Å². The molecule has 1 atom stereocenters. The average molecular weight is 525 g/mol. The Balaban J connectivity index is 2.21. The molecule has 2 aromatic rings. The van der Waals surface area contributed by atoms with E-state index in [1.807, 2.05) is 65.7 Å². The van der Waals surface area contributed by atoms with Crippen LogP contribution in [0.5, 0.6) is 17.2 Å². The van der Waals surface area contributed by atoms with Gasteiger partial charge in [-0.1, -0.05) is 19.9 Å². The summed E-state index contributed by atoms with van der Waals surface area (Å²) in [5.41, 5.74) is 2.09. The highest BCUT2D eigenvalue weighted by molar-refractivity contribution is 6.46. The van der Waals surface area contributed by atoms with Crippen LogP contribution < -0.4 is 14.2 Å². The molecule has 1 saturated heterocycles. The first-order valence-corrected chi connectivity index (χ1v) is 13.2. The third kappa shape index (κ3) is 6.13. The molecule has 1 fully saturated rings. The highest BCUT2D eigenvalue weighted by atomic mass is 16.5. The maximum Gasteiger partial charge on any atom is 0.295 e. The molecule has 1 aliphatic heterocycles. The van der Waals surface area contributed by atoms with Crippen LogP contribution in [0.25, 0.3) is 5.76 Å². The summed E-state index contributed by atoms with van der Waals surface area (Å²) in [6, 6.07) is 9.97. The fourth-order valence-corrected chi connectivity index (χ4v) is 4.59. The van der Waals surface area contributed by atoms with Crippen molar-refractivity contribution in [3.8, 4) is 17.2 Å². The van der Waals surface area contributed by atoms with E-state index in [-0.39, 0.29) is 17.3 Å². The number of carbonyl (C=O) groups is 2. The zero-order valence-electron chi connectivity index (χ0n) is 23.5. The van der Waals surface area contributed by atoms with Crippen LogP contribution >= 0.6 is 0 Å². The predicted molar refractivity (Wildman–Crippen MR) is 148 cm³/mol. The Morgan fingerprint density at radius 1 is 0.921 bits per heavy atom. The average Bonchev–Trinajstić information content (AvgIpc) is 3.13. The van der Waals surface area contributed by atoms with E-state index >= 15 is 0 Å². The molecule has 8 nitrogen and oxygen atoms in total. The van der Waals surface area contributed by atoms with E-state index in [9.17, 15) is 14.7 Å². The van der Waals surface area contributed by atoms with Gasteiger partial charge in [0.25, 0.3) is 11.7 Å². The summed E-state index contributed by atoms with van der Waals surface area (Å²) >= 11 is 0. The molecule has 0 aliphatic carbocycles. The fraction of sp³-hybridized carbons (Fsp3) is 0.467. The first kappa shape index (κ1) is 29.0. The molecule has 1 N–H and O–H groups in total. The number of nitrogens with zero attached hydrogens (tertiary/aromatic N) is 2. The lowest BCUT2D eigenvalue weighted by Gasteiger charge is -2.27. The Morgan fingerprint density at radius 2 is 1.53 bits per heavy atom. The Bertz CT molecular complexity index is 1190. The van der Waals surface area contributed by atoms with Crippen LogP contribution in [0.1, 0.15) is 63.3 Å². The van der Waals surface area contributed by atoms with Gasteiger partial charge in [-0.05, 0) is 82.2 Å². The number of likely N-dealkylation sites (N-methyl/N-ethyl adjacent to an activating group) is 1. The standard InChI is InChI=1S/C30H40N2O6/c1-8-36-23-13-12-21(17-22(23)19(4)5)28(33)26-27(32(16-15-31(6)7)30(35)29(26)34)20-11-14-24(37-9-2)25(18-20)38-10-3/h11-14,17-19,27,33H,8-10,15-16H2,1-7H3/b28-26+. The molecular weight excluding hydrogens is 484 g/mol. The highest BCUT2D eigenvalue weighted by Gasteiger charge is 2.46. The molecule has 0 aromatic heterocycles. The van der Waals surface area contributed by atoms with Crippen molar-refractivity contribution in [3.63, 3.8) is 0 Å². The van der Waals surface area contributed by atoms with Gasteiger partial charge in [0.15, 0.2) is 11.5 Å². The van der Waals surface area contributed by atoms with Crippen molar-refractivity contribution >= 4 is 17.4 Å². The Morgan fingerprint density at radius 3 is 2.13 bits per heavy atom. The summed E-state index contributed by atoms with van der Waals surface area (Å²) < 4.78 is 17.3. The molecule has 3 rings (SSSR count). The molecule has 8 heteroatoms. The van der Waals surface area contributed by atoms with Crippen LogP contribution in [-0.2, 0) is 9.59 Å². The molecule has 0 bridgehead atoms. The number of Topliss-reactive ketones (excluding diaryl/α,β-unsaturated/α-hetero) is 1. The molecular formula is C30H40N2O6. The second kappa shape index (κ2) is 12.8.